The van der Waals surface area contributed by atoms with Gasteiger partial charge in [-0.2, -0.15) is 4.68 Å². The number of fused-ring (bicyclic) bond motifs is 1. The van der Waals surface area contributed by atoms with Gasteiger partial charge in [-0.25, -0.2) is 9.88 Å². The number of nitrogens with one attached hydrogen (secondary N) is 1. The molecule has 0 bridgehead atoms. The Morgan fingerprint density at radius 3 is 2.55 bits per heavy atom. The third-order valence-corrected chi connectivity index (χ3v) is 6.44. The van der Waals surface area contributed by atoms with Crippen molar-refractivity contribution < 1.29 is 14.3 Å². The number of amides is 2. The van der Waals surface area contributed by atoms with Gasteiger partial charge in [-0.3, -0.25) is 19.5 Å². The maximum Gasteiger partial charge on any atom is 0.277 e. The van der Waals surface area contributed by atoms with E-state index < -0.39 is 11.8 Å². The topological polar surface area (TPSA) is 97.3 Å². The second-order valence-electron chi connectivity index (χ2n) is 7.28. The first-order valence-corrected chi connectivity index (χ1v) is 10.5. The molecule has 8 nitrogen and oxygen atoms in total. The number of carbonyl (C=O) groups excluding carboxylic acids is 2. The second kappa shape index (κ2) is 7.21. The lowest BCUT2D eigenvalue weighted by Gasteiger charge is -2.15. The first-order chi connectivity index (χ1) is 15.0. The first kappa shape index (κ1) is 19.3. The normalized spacial score (nSPS) is 16.5. The predicted molar refractivity (Wildman–Crippen MR) is 117 cm³/mol. The standard InChI is InChI=1S/C22H18N4O4S/c1-12-19(21(29)26(24-12)22-23-16-5-3-4-6-17(16)31-22)15-11-18(27)25(20(15)28)13-7-9-14(30-2)10-8-13/h3-10,15,24H,11H2,1-2H3. The van der Waals surface area contributed by atoms with Crippen LogP contribution in [0, 0.1) is 6.92 Å². The number of hydrogen-bond acceptors (Lipinski definition) is 6. The van der Waals surface area contributed by atoms with Crippen LogP contribution in [0.1, 0.15) is 23.6 Å². The van der Waals surface area contributed by atoms with Crippen molar-refractivity contribution in [3.63, 3.8) is 0 Å². The Morgan fingerprint density at radius 1 is 1.10 bits per heavy atom. The van der Waals surface area contributed by atoms with Crippen molar-refractivity contribution in [3.05, 3.63) is 70.1 Å². The Kier molecular flexibility index (Phi) is 4.48. The van der Waals surface area contributed by atoms with Gasteiger partial charge in [-0.1, -0.05) is 23.5 Å². The van der Waals surface area contributed by atoms with E-state index in [1.54, 1.807) is 38.3 Å². The zero-order chi connectivity index (χ0) is 21.7. The van der Waals surface area contributed by atoms with Gasteiger partial charge in [0.1, 0.15) is 5.75 Å². The number of aromatic nitrogens is 3. The lowest BCUT2D eigenvalue weighted by molar-refractivity contribution is -0.121. The van der Waals surface area contributed by atoms with Crippen LogP contribution in [-0.2, 0) is 9.59 Å². The lowest BCUT2D eigenvalue weighted by atomic mass is 9.98. The maximum absolute atomic E-state index is 13.2. The highest BCUT2D eigenvalue weighted by Gasteiger charge is 2.43. The summed E-state index contributed by atoms with van der Waals surface area (Å²) in [6, 6.07) is 14.3. The van der Waals surface area contributed by atoms with Crippen LogP contribution in [0.25, 0.3) is 15.3 Å². The number of rotatable bonds is 4. The first-order valence-electron chi connectivity index (χ1n) is 9.66. The van der Waals surface area contributed by atoms with Crippen LogP contribution in [0.5, 0.6) is 5.75 Å². The number of carbonyl (C=O) groups is 2. The SMILES string of the molecule is COc1ccc(N2C(=O)CC(c3c(C)[nH]n(-c4nc5ccccc5s4)c3=O)C2=O)cc1. The molecule has 2 amide bonds. The number of hydrogen-bond donors (Lipinski definition) is 1. The molecule has 31 heavy (non-hydrogen) atoms. The molecule has 3 heterocycles. The number of ether oxygens (including phenoxy) is 1. The van der Waals surface area contributed by atoms with E-state index in [-0.39, 0.29) is 17.9 Å². The Bertz CT molecular complexity index is 1350. The predicted octanol–water partition coefficient (Wildman–Crippen LogP) is 3.14. The fraction of sp³-hybridized carbons (Fsp3) is 0.182. The van der Waals surface area contributed by atoms with E-state index in [0.29, 0.717) is 27.8 Å². The quantitative estimate of drug-likeness (QED) is 0.498. The molecule has 4 aromatic rings. The monoisotopic (exact) mass is 434 g/mol. The number of para-hydroxylation sites is 1. The molecule has 1 atom stereocenters. The van der Waals surface area contributed by atoms with E-state index in [1.165, 1.54) is 16.0 Å². The van der Waals surface area contributed by atoms with Gasteiger partial charge in [0, 0.05) is 12.1 Å². The molecule has 1 N–H and O–H groups in total. The third kappa shape index (κ3) is 3.05. The molecule has 1 fully saturated rings. The molecule has 2 aromatic carbocycles. The smallest absolute Gasteiger partial charge is 0.277 e. The van der Waals surface area contributed by atoms with Gasteiger partial charge in [0.05, 0.1) is 34.5 Å². The average Bonchev–Trinajstić information content (AvgIpc) is 3.41. The highest BCUT2D eigenvalue weighted by atomic mass is 32.1. The Hall–Kier alpha value is -3.72. The van der Waals surface area contributed by atoms with Crippen LogP contribution in [0.4, 0.5) is 5.69 Å². The summed E-state index contributed by atoms with van der Waals surface area (Å²) >= 11 is 1.38. The van der Waals surface area contributed by atoms with Crippen molar-refractivity contribution in [1.29, 1.82) is 0 Å². The van der Waals surface area contributed by atoms with Gasteiger partial charge in [0.25, 0.3) is 5.56 Å². The molecule has 1 aliphatic heterocycles. The Labute approximate surface area is 180 Å². The Balaban J connectivity index is 1.52. The van der Waals surface area contributed by atoms with E-state index in [0.717, 1.165) is 15.1 Å². The number of aryl methyl sites for hydroxylation is 1. The minimum atomic E-state index is -0.839. The van der Waals surface area contributed by atoms with Crippen molar-refractivity contribution in [3.8, 4) is 10.9 Å². The number of benzene rings is 2. The molecule has 5 rings (SSSR count). The van der Waals surface area contributed by atoms with E-state index in [1.807, 2.05) is 24.3 Å². The summed E-state index contributed by atoms with van der Waals surface area (Å²) in [5.41, 5.74) is 1.74. The maximum atomic E-state index is 13.2. The van der Waals surface area contributed by atoms with E-state index in [9.17, 15) is 14.4 Å². The summed E-state index contributed by atoms with van der Waals surface area (Å²) in [5.74, 6) is -0.967. The molecule has 1 saturated heterocycles. The van der Waals surface area contributed by atoms with E-state index in [4.69, 9.17) is 4.74 Å². The van der Waals surface area contributed by atoms with Gasteiger partial charge in [0.15, 0.2) is 0 Å². The summed E-state index contributed by atoms with van der Waals surface area (Å²) < 4.78 is 7.44. The van der Waals surface area contributed by atoms with Crippen LogP contribution in [0.15, 0.2) is 53.3 Å². The Morgan fingerprint density at radius 2 is 1.84 bits per heavy atom. The van der Waals surface area contributed by atoms with Crippen LogP contribution in [0.3, 0.4) is 0 Å². The summed E-state index contributed by atoms with van der Waals surface area (Å²) in [7, 11) is 1.54. The van der Waals surface area contributed by atoms with Crippen molar-refractivity contribution >= 4 is 39.1 Å². The molecule has 1 unspecified atom stereocenters. The third-order valence-electron chi connectivity index (χ3n) is 5.42. The van der Waals surface area contributed by atoms with Crippen LogP contribution in [-0.4, -0.2) is 33.7 Å². The van der Waals surface area contributed by atoms with Crippen LogP contribution < -0.4 is 15.2 Å². The number of imide groups is 1. The van der Waals surface area contributed by atoms with Crippen molar-refractivity contribution in [1.82, 2.24) is 14.8 Å². The lowest BCUT2D eigenvalue weighted by Crippen LogP contribution is -2.31. The van der Waals surface area contributed by atoms with Crippen molar-refractivity contribution in [2.45, 2.75) is 19.3 Å². The fourth-order valence-electron chi connectivity index (χ4n) is 3.92. The molecule has 0 spiro atoms. The number of anilines is 1. The molecular weight excluding hydrogens is 416 g/mol. The molecular formula is C22H18N4O4S. The minimum Gasteiger partial charge on any atom is -0.497 e. The highest BCUT2D eigenvalue weighted by Crippen LogP contribution is 2.34. The fourth-order valence-corrected chi connectivity index (χ4v) is 4.85. The number of nitrogens with zero attached hydrogens (tertiary/aromatic N) is 3. The van der Waals surface area contributed by atoms with E-state index in [2.05, 4.69) is 10.1 Å². The summed E-state index contributed by atoms with van der Waals surface area (Å²) in [5, 5.41) is 3.52. The zero-order valence-electron chi connectivity index (χ0n) is 16.8. The van der Waals surface area contributed by atoms with Gasteiger partial charge < -0.3 is 4.74 Å². The number of aromatic amines is 1. The summed E-state index contributed by atoms with van der Waals surface area (Å²) in [4.78, 5) is 44.7. The molecule has 9 heteroatoms. The molecule has 2 aromatic heterocycles. The minimum absolute atomic E-state index is 0.0569. The second-order valence-corrected chi connectivity index (χ2v) is 8.29. The molecule has 0 radical (unpaired) electrons. The zero-order valence-corrected chi connectivity index (χ0v) is 17.6. The molecule has 1 aliphatic rings. The average molecular weight is 434 g/mol. The molecule has 0 aliphatic carbocycles. The van der Waals surface area contributed by atoms with E-state index >= 15 is 0 Å². The van der Waals surface area contributed by atoms with Gasteiger partial charge >= 0.3 is 0 Å². The van der Waals surface area contributed by atoms with Crippen molar-refractivity contribution in [2.24, 2.45) is 0 Å². The molecule has 0 saturated carbocycles. The van der Waals surface area contributed by atoms with Crippen LogP contribution in [0.2, 0.25) is 0 Å². The number of H-pyrrole nitrogens is 1. The largest absolute Gasteiger partial charge is 0.497 e. The van der Waals surface area contributed by atoms with Gasteiger partial charge in [-0.05, 0) is 43.3 Å². The van der Waals surface area contributed by atoms with Crippen molar-refractivity contribution in [2.75, 3.05) is 12.0 Å². The summed E-state index contributed by atoms with van der Waals surface area (Å²) in [6.07, 6.45) is -0.0569. The number of methoxy groups -OCH3 is 1. The van der Waals surface area contributed by atoms with Gasteiger partial charge in [-0.15, -0.1) is 0 Å². The highest BCUT2D eigenvalue weighted by molar-refractivity contribution is 7.20. The number of thiazole rings is 1. The van der Waals surface area contributed by atoms with Crippen LogP contribution >= 0.6 is 11.3 Å². The summed E-state index contributed by atoms with van der Waals surface area (Å²) in [6.45, 7) is 1.73. The molecule has 156 valence electrons. The van der Waals surface area contributed by atoms with Gasteiger partial charge in [0.2, 0.25) is 16.9 Å².